The van der Waals surface area contributed by atoms with Crippen molar-refractivity contribution < 1.29 is 9.53 Å². The molecule has 0 bridgehead atoms. The highest BCUT2D eigenvalue weighted by atomic mass is 16.5. The summed E-state index contributed by atoms with van der Waals surface area (Å²) < 4.78 is 4.60. The summed E-state index contributed by atoms with van der Waals surface area (Å²) >= 11 is 0. The summed E-state index contributed by atoms with van der Waals surface area (Å²) in [5, 5.41) is 0. The number of esters is 1. The van der Waals surface area contributed by atoms with Crippen LogP contribution in [0.25, 0.3) is 0 Å². The molecular formula is C22H40O2. The van der Waals surface area contributed by atoms with E-state index in [9.17, 15) is 4.79 Å². The minimum absolute atomic E-state index is 0.341. The molecule has 0 spiro atoms. The minimum Gasteiger partial charge on any atom is -0.465 e. The van der Waals surface area contributed by atoms with Crippen molar-refractivity contribution in [1.82, 2.24) is 0 Å². The van der Waals surface area contributed by atoms with Crippen molar-refractivity contribution in [3.05, 3.63) is 24.3 Å². The van der Waals surface area contributed by atoms with Gasteiger partial charge in [-0.15, -0.1) is 0 Å². The Morgan fingerprint density at radius 2 is 1.21 bits per heavy atom. The van der Waals surface area contributed by atoms with Gasteiger partial charge in [0.1, 0.15) is 0 Å². The van der Waals surface area contributed by atoms with Crippen LogP contribution in [0.5, 0.6) is 0 Å². The SMILES string of the molecule is C=C(/C=C/CCCCCCCCCCCCCCCC)C(=O)OC. The van der Waals surface area contributed by atoms with Gasteiger partial charge in [-0.2, -0.15) is 0 Å². The fraction of sp³-hybridized carbons (Fsp3) is 0.773. The second-order valence-electron chi connectivity index (χ2n) is 6.80. The molecule has 0 aliphatic heterocycles. The average Bonchev–Trinajstić information content (AvgIpc) is 2.60. The predicted octanol–water partition coefficient (Wildman–Crippen LogP) is 7.14. The Morgan fingerprint density at radius 1 is 0.792 bits per heavy atom. The van der Waals surface area contributed by atoms with E-state index in [0.29, 0.717) is 5.57 Å². The topological polar surface area (TPSA) is 26.3 Å². The third-order valence-corrected chi connectivity index (χ3v) is 4.49. The van der Waals surface area contributed by atoms with Crippen LogP contribution in [0.2, 0.25) is 0 Å². The van der Waals surface area contributed by atoms with Crippen LogP contribution in [0, 0.1) is 0 Å². The number of carbonyl (C=O) groups excluding carboxylic acids is 1. The van der Waals surface area contributed by atoms with Gasteiger partial charge in [0.25, 0.3) is 0 Å². The Kier molecular flexibility index (Phi) is 17.5. The lowest BCUT2D eigenvalue weighted by Gasteiger charge is -2.03. The molecule has 0 aliphatic rings. The highest BCUT2D eigenvalue weighted by Crippen LogP contribution is 2.13. The highest BCUT2D eigenvalue weighted by molar-refractivity contribution is 5.90. The van der Waals surface area contributed by atoms with Crippen LogP contribution < -0.4 is 0 Å². The Bertz CT molecular complexity index is 331. The largest absolute Gasteiger partial charge is 0.465 e. The lowest BCUT2D eigenvalue weighted by molar-refractivity contribution is -0.135. The normalized spacial score (nSPS) is 11.1. The highest BCUT2D eigenvalue weighted by Gasteiger charge is 2.00. The molecule has 0 aromatic heterocycles. The summed E-state index contributed by atoms with van der Waals surface area (Å²) in [5.74, 6) is -0.341. The van der Waals surface area contributed by atoms with E-state index in [0.717, 1.165) is 6.42 Å². The molecule has 0 saturated heterocycles. The van der Waals surface area contributed by atoms with Crippen LogP contribution >= 0.6 is 0 Å². The van der Waals surface area contributed by atoms with E-state index in [1.807, 2.05) is 6.08 Å². The van der Waals surface area contributed by atoms with Crippen LogP contribution in [0.3, 0.4) is 0 Å². The molecule has 0 rings (SSSR count). The van der Waals surface area contributed by atoms with Gasteiger partial charge in [0.2, 0.25) is 0 Å². The second-order valence-corrected chi connectivity index (χ2v) is 6.80. The maximum absolute atomic E-state index is 11.1. The quantitative estimate of drug-likeness (QED) is 0.122. The van der Waals surface area contributed by atoms with Gasteiger partial charge in [0.05, 0.1) is 12.7 Å². The Morgan fingerprint density at radius 3 is 1.62 bits per heavy atom. The molecule has 140 valence electrons. The van der Waals surface area contributed by atoms with Gasteiger partial charge in [0, 0.05) is 0 Å². The first kappa shape index (κ1) is 22.9. The van der Waals surface area contributed by atoms with E-state index < -0.39 is 0 Å². The van der Waals surface area contributed by atoms with Crippen molar-refractivity contribution in [2.45, 2.75) is 103 Å². The number of unbranched alkanes of at least 4 members (excludes halogenated alkanes) is 14. The Labute approximate surface area is 150 Å². The molecule has 0 N–H and O–H groups in total. The van der Waals surface area contributed by atoms with Crippen molar-refractivity contribution >= 4 is 5.97 Å². The van der Waals surface area contributed by atoms with Crippen LogP contribution in [-0.4, -0.2) is 13.1 Å². The van der Waals surface area contributed by atoms with Crippen molar-refractivity contribution in [2.75, 3.05) is 7.11 Å². The predicted molar refractivity (Wildman–Crippen MR) is 105 cm³/mol. The summed E-state index contributed by atoms with van der Waals surface area (Å²) in [5.41, 5.74) is 0.433. The number of ether oxygens (including phenoxy) is 1. The smallest absolute Gasteiger partial charge is 0.337 e. The summed E-state index contributed by atoms with van der Waals surface area (Å²) in [4.78, 5) is 11.1. The molecule has 0 aromatic carbocycles. The van der Waals surface area contributed by atoms with E-state index in [2.05, 4.69) is 18.2 Å². The molecule has 0 unspecified atom stereocenters. The molecule has 0 radical (unpaired) electrons. The van der Waals surface area contributed by atoms with Gasteiger partial charge in [-0.3, -0.25) is 0 Å². The monoisotopic (exact) mass is 336 g/mol. The molecule has 0 aromatic rings. The maximum atomic E-state index is 11.1. The van der Waals surface area contributed by atoms with E-state index >= 15 is 0 Å². The zero-order chi connectivity index (χ0) is 17.9. The Balaban J connectivity index is 3.19. The van der Waals surface area contributed by atoms with Crippen molar-refractivity contribution in [2.24, 2.45) is 0 Å². The third kappa shape index (κ3) is 15.8. The van der Waals surface area contributed by atoms with Gasteiger partial charge in [-0.25, -0.2) is 4.79 Å². The van der Waals surface area contributed by atoms with Crippen molar-refractivity contribution in [3.63, 3.8) is 0 Å². The summed E-state index contributed by atoms with van der Waals surface area (Å²) in [6, 6.07) is 0. The number of methoxy groups -OCH3 is 1. The zero-order valence-electron chi connectivity index (χ0n) is 16.3. The van der Waals surface area contributed by atoms with Crippen LogP contribution in [0.15, 0.2) is 24.3 Å². The van der Waals surface area contributed by atoms with Crippen LogP contribution in [0.4, 0.5) is 0 Å². The van der Waals surface area contributed by atoms with Gasteiger partial charge in [-0.1, -0.05) is 109 Å². The van der Waals surface area contributed by atoms with Gasteiger partial charge in [-0.05, 0) is 12.8 Å². The number of rotatable bonds is 17. The number of allylic oxidation sites excluding steroid dienone is 1. The first-order chi connectivity index (χ1) is 11.7. The van der Waals surface area contributed by atoms with E-state index in [1.54, 1.807) is 6.08 Å². The number of hydrogen-bond donors (Lipinski definition) is 0. The number of hydrogen-bond acceptors (Lipinski definition) is 2. The average molecular weight is 337 g/mol. The summed E-state index contributed by atoms with van der Waals surface area (Å²) in [7, 11) is 1.38. The first-order valence-corrected chi connectivity index (χ1v) is 10.2. The molecule has 0 heterocycles. The Hall–Kier alpha value is -1.05. The van der Waals surface area contributed by atoms with Gasteiger partial charge >= 0.3 is 5.97 Å². The molecule has 0 saturated carbocycles. The van der Waals surface area contributed by atoms with E-state index in [-0.39, 0.29) is 5.97 Å². The molecule has 0 amide bonds. The van der Waals surface area contributed by atoms with Crippen molar-refractivity contribution in [3.8, 4) is 0 Å². The molecular weight excluding hydrogens is 296 g/mol. The lowest BCUT2D eigenvalue weighted by atomic mass is 10.0. The van der Waals surface area contributed by atoms with Gasteiger partial charge in [0.15, 0.2) is 0 Å². The van der Waals surface area contributed by atoms with Crippen molar-refractivity contribution in [1.29, 1.82) is 0 Å². The number of carbonyl (C=O) groups is 1. The van der Waals surface area contributed by atoms with Crippen LogP contribution in [-0.2, 0) is 9.53 Å². The molecule has 0 aliphatic carbocycles. The second kappa shape index (κ2) is 18.3. The molecule has 0 atom stereocenters. The van der Waals surface area contributed by atoms with Crippen LogP contribution in [0.1, 0.15) is 103 Å². The van der Waals surface area contributed by atoms with E-state index in [1.165, 1.54) is 97.0 Å². The third-order valence-electron chi connectivity index (χ3n) is 4.49. The minimum atomic E-state index is -0.341. The summed E-state index contributed by atoms with van der Waals surface area (Å²) in [6.45, 7) is 5.95. The fourth-order valence-electron chi connectivity index (χ4n) is 2.88. The maximum Gasteiger partial charge on any atom is 0.337 e. The zero-order valence-corrected chi connectivity index (χ0v) is 16.3. The summed E-state index contributed by atoms with van der Waals surface area (Å²) in [6.07, 6.45) is 24.2. The fourth-order valence-corrected chi connectivity index (χ4v) is 2.88. The van der Waals surface area contributed by atoms with Gasteiger partial charge < -0.3 is 4.74 Å². The molecule has 2 heteroatoms. The first-order valence-electron chi connectivity index (χ1n) is 10.2. The molecule has 0 fully saturated rings. The standard InChI is InChI=1S/C22H40O2/c1-4-5-6-7-8-9-10-11-12-13-14-15-16-17-18-19-20-21(2)22(23)24-3/h19-20H,2,4-18H2,1,3H3/b20-19+. The van der Waals surface area contributed by atoms with E-state index in [4.69, 9.17) is 0 Å². The molecule has 24 heavy (non-hydrogen) atoms. The lowest BCUT2D eigenvalue weighted by Crippen LogP contribution is -2.00. The molecule has 2 nitrogen and oxygen atoms in total.